The van der Waals surface area contributed by atoms with Crippen LogP contribution in [-0.2, 0) is 4.79 Å². The van der Waals surface area contributed by atoms with Crippen molar-refractivity contribution >= 4 is 21.6 Å². The molecule has 0 N–H and O–H groups in total. The van der Waals surface area contributed by atoms with Gasteiger partial charge in [-0.15, -0.1) is 0 Å². The molecule has 0 heterocycles. The van der Waals surface area contributed by atoms with Crippen molar-refractivity contribution in [1.82, 2.24) is 0 Å². The van der Waals surface area contributed by atoms with Gasteiger partial charge in [0.25, 0.3) is 0 Å². The zero-order valence-electron chi connectivity index (χ0n) is 5.45. The van der Waals surface area contributed by atoms with Crippen molar-refractivity contribution in [3.8, 4) is 0 Å². The molecule has 0 unspecified atom stereocenters. The standard InChI is InChI=1S/C6H6.CH4GeO/c1-2-4-6-5-3-1;2-1-3/h1-6H;1H,2H3. The second-order valence-corrected chi connectivity index (χ2v) is 2.38. The van der Waals surface area contributed by atoms with Crippen molar-refractivity contribution in [2.45, 2.75) is 0 Å². The number of hydrogen-bond donors (Lipinski definition) is 0. The van der Waals surface area contributed by atoms with E-state index >= 15 is 0 Å². The van der Waals surface area contributed by atoms with Crippen LogP contribution in [-0.4, -0.2) is 21.6 Å². The molecule has 0 radical (unpaired) electrons. The number of rotatable bonds is 0. The molecule has 2 heteroatoms. The minimum Gasteiger partial charge on any atom is -0.0623 e. The number of carbonyl (C=O) groups excluding carboxylic acids is 1. The van der Waals surface area contributed by atoms with Crippen molar-refractivity contribution in [2.75, 3.05) is 0 Å². The van der Waals surface area contributed by atoms with Gasteiger partial charge >= 0.3 is 26.4 Å². The van der Waals surface area contributed by atoms with Gasteiger partial charge in [-0.3, -0.25) is 0 Å². The van der Waals surface area contributed by atoms with Crippen LogP contribution in [0.15, 0.2) is 36.4 Å². The summed E-state index contributed by atoms with van der Waals surface area (Å²) in [6.45, 7) is 0. The molecular weight excluding hydrogens is 173 g/mol. The fraction of sp³-hybridized carbons (Fsp3) is 0. The first-order valence-electron chi connectivity index (χ1n) is 2.81. The van der Waals surface area contributed by atoms with E-state index in [2.05, 4.69) is 0 Å². The maximum Gasteiger partial charge on any atom is -0.0623 e. The largest absolute Gasteiger partial charge is 0.0623 e. The van der Waals surface area contributed by atoms with Gasteiger partial charge in [-0.25, -0.2) is 0 Å². The van der Waals surface area contributed by atoms with Crippen molar-refractivity contribution in [3.63, 3.8) is 0 Å². The smallest absolute Gasteiger partial charge is 0.0623 e. The molecule has 0 aliphatic heterocycles. The zero-order valence-corrected chi connectivity index (χ0v) is 9.65. The minimum atomic E-state index is 0.424. The zero-order chi connectivity index (χ0) is 6.95. The van der Waals surface area contributed by atoms with Crippen LogP contribution < -0.4 is 0 Å². The quantitative estimate of drug-likeness (QED) is 0.415. The molecule has 0 saturated heterocycles. The van der Waals surface area contributed by atoms with Gasteiger partial charge in [0.05, 0.1) is 0 Å². The molecule has 48 valence electrons. The summed E-state index contributed by atoms with van der Waals surface area (Å²) in [6.07, 6.45) is 0. The summed E-state index contributed by atoms with van der Waals surface area (Å²) in [6, 6.07) is 12.0. The molecule has 0 aliphatic carbocycles. The average molecular weight is 183 g/mol. The van der Waals surface area contributed by atoms with Crippen LogP contribution >= 0.6 is 0 Å². The molecule has 0 atom stereocenters. The predicted molar refractivity (Wildman–Crippen MR) is 43.1 cm³/mol. The molecule has 0 fully saturated rings. The van der Waals surface area contributed by atoms with Crippen molar-refractivity contribution in [3.05, 3.63) is 36.4 Å². The third kappa shape index (κ3) is 7.43. The summed E-state index contributed by atoms with van der Waals surface area (Å²) in [5.41, 5.74) is 0. The Hall–Kier alpha value is -0.567. The molecule has 1 rings (SSSR count). The van der Waals surface area contributed by atoms with Crippen LogP contribution in [0.3, 0.4) is 0 Å². The molecule has 1 nitrogen and oxygen atoms in total. The molecular formula is C7H10GeO. The summed E-state index contributed by atoms with van der Waals surface area (Å²) < 4.78 is 0. The molecule has 9 heavy (non-hydrogen) atoms. The topological polar surface area (TPSA) is 17.1 Å². The van der Waals surface area contributed by atoms with Crippen LogP contribution in [0.25, 0.3) is 0 Å². The van der Waals surface area contributed by atoms with Crippen molar-refractivity contribution < 1.29 is 4.79 Å². The monoisotopic (exact) mass is 184 g/mol. The molecule has 0 spiro atoms. The third-order valence-corrected chi connectivity index (χ3v) is 0.667. The summed E-state index contributed by atoms with van der Waals surface area (Å²) in [5, 5.41) is 0.938. The molecule has 0 aliphatic rings. The minimum absolute atomic E-state index is 0.424. The van der Waals surface area contributed by atoms with E-state index in [-0.39, 0.29) is 0 Å². The maximum absolute atomic E-state index is 8.89. The molecule has 0 bridgehead atoms. The Morgan fingerprint density at radius 3 is 1.11 bits per heavy atom. The van der Waals surface area contributed by atoms with Gasteiger partial charge in [0, 0.05) is 0 Å². The van der Waals surface area contributed by atoms with E-state index in [4.69, 9.17) is 4.79 Å². The summed E-state index contributed by atoms with van der Waals surface area (Å²) in [4.78, 5) is 8.89. The van der Waals surface area contributed by atoms with E-state index in [1.54, 1.807) is 0 Å². The van der Waals surface area contributed by atoms with E-state index in [1.165, 1.54) is 0 Å². The van der Waals surface area contributed by atoms with Gasteiger partial charge in [-0.1, -0.05) is 36.4 Å². The first-order valence-corrected chi connectivity index (χ1v) is 5.24. The van der Waals surface area contributed by atoms with Gasteiger partial charge in [0.1, 0.15) is 0 Å². The molecule has 0 saturated carbocycles. The van der Waals surface area contributed by atoms with E-state index in [0.717, 1.165) is 5.12 Å². The SMILES string of the molecule is O=[CH][GeH3].c1ccccc1. The molecule has 1 aromatic carbocycles. The van der Waals surface area contributed by atoms with Gasteiger partial charge in [0.2, 0.25) is 0 Å². The second kappa shape index (κ2) is 7.43. The maximum atomic E-state index is 8.89. The van der Waals surface area contributed by atoms with Gasteiger partial charge in [0.15, 0.2) is 0 Å². The molecule has 0 aromatic heterocycles. The van der Waals surface area contributed by atoms with Crippen LogP contribution in [0.5, 0.6) is 0 Å². The Bertz CT molecular complexity index is 112. The Balaban J connectivity index is 0.000000187. The summed E-state index contributed by atoms with van der Waals surface area (Å²) in [7, 11) is 0. The van der Waals surface area contributed by atoms with Gasteiger partial charge < -0.3 is 0 Å². The Labute approximate surface area is 63.3 Å². The average Bonchev–Trinajstić information content (AvgIpc) is 1.93. The fourth-order valence-electron chi connectivity index (χ4n) is 0.385. The number of benzene rings is 1. The predicted octanol–water partition coefficient (Wildman–Crippen LogP) is 0.229. The first-order chi connectivity index (χ1) is 4.41. The van der Waals surface area contributed by atoms with Crippen LogP contribution in [0, 0.1) is 0 Å². The fourth-order valence-corrected chi connectivity index (χ4v) is 0.385. The van der Waals surface area contributed by atoms with Crippen molar-refractivity contribution in [1.29, 1.82) is 0 Å². The summed E-state index contributed by atoms with van der Waals surface area (Å²) in [5.74, 6) is 0. The Morgan fingerprint density at radius 2 is 1.00 bits per heavy atom. The second-order valence-electron chi connectivity index (χ2n) is 1.39. The number of carbonyl (C=O) groups is 1. The van der Waals surface area contributed by atoms with E-state index in [9.17, 15) is 0 Å². The Kier molecular flexibility index (Phi) is 6.96. The third-order valence-electron chi connectivity index (χ3n) is 0.667. The van der Waals surface area contributed by atoms with E-state index in [0.29, 0.717) is 16.5 Å². The Morgan fingerprint density at radius 1 is 0.889 bits per heavy atom. The number of hydrogen-bond acceptors (Lipinski definition) is 1. The van der Waals surface area contributed by atoms with Crippen LogP contribution in [0.4, 0.5) is 0 Å². The van der Waals surface area contributed by atoms with E-state index < -0.39 is 0 Å². The van der Waals surface area contributed by atoms with E-state index in [1.807, 2.05) is 36.4 Å². The van der Waals surface area contributed by atoms with Crippen LogP contribution in [0.2, 0.25) is 0 Å². The summed E-state index contributed by atoms with van der Waals surface area (Å²) >= 11 is 0.424. The molecule has 1 aromatic rings. The first kappa shape index (κ1) is 8.43. The van der Waals surface area contributed by atoms with Gasteiger partial charge in [-0.05, 0) is 0 Å². The van der Waals surface area contributed by atoms with Crippen molar-refractivity contribution in [2.24, 2.45) is 0 Å². The normalized spacial score (nSPS) is 7.11. The van der Waals surface area contributed by atoms with Gasteiger partial charge in [-0.2, -0.15) is 0 Å². The molecule has 0 amide bonds. The van der Waals surface area contributed by atoms with Crippen LogP contribution in [0.1, 0.15) is 0 Å².